The van der Waals surface area contributed by atoms with Gasteiger partial charge in [0.1, 0.15) is 6.04 Å². The van der Waals surface area contributed by atoms with Crippen molar-refractivity contribution in [3.63, 3.8) is 0 Å². The molecule has 8 nitrogen and oxygen atoms in total. The van der Waals surface area contributed by atoms with Gasteiger partial charge < -0.3 is 15.3 Å². The van der Waals surface area contributed by atoms with Gasteiger partial charge in [-0.1, -0.05) is 18.2 Å². The molecule has 1 fully saturated rings. The summed E-state index contributed by atoms with van der Waals surface area (Å²) in [6.07, 6.45) is 1.21. The normalized spacial score (nSPS) is 18.8. The second-order valence-electron chi connectivity index (χ2n) is 6.27. The van der Waals surface area contributed by atoms with Crippen LogP contribution in [-0.4, -0.2) is 57.1 Å². The van der Waals surface area contributed by atoms with Crippen LogP contribution in [0.1, 0.15) is 30.3 Å². The molecule has 0 bridgehead atoms. The van der Waals surface area contributed by atoms with Gasteiger partial charge in [-0.05, 0) is 25.8 Å². The number of likely N-dealkylation sites (tertiary alicyclic amines) is 1. The molecule has 132 valence electrons. The van der Waals surface area contributed by atoms with Crippen molar-refractivity contribution >= 4 is 28.7 Å². The second-order valence-corrected chi connectivity index (χ2v) is 6.27. The number of hydrogen-bond donors (Lipinski definition) is 3. The number of nitrogens with one attached hydrogen (secondary N) is 2. The molecular formula is C17H20N4O4. The van der Waals surface area contributed by atoms with E-state index in [1.54, 1.807) is 13.0 Å². The molecule has 3 rings (SSSR count). The average Bonchev–Trinajstić information content (AvgIpc) is 3.05. The van der Waals surface area contributed by atoms with Crippen molar-refractivity contribution in [3.05, 3.63) is 30.0 Å². The average molecular weight is 344 g/mol. The summed E-state index contributed by atoms with van der Waals surface area (Å²) in [4.78, 5) is 37.6. The van der Waals surface area contributed by atoms with Crippen molar-refractivity contribution in [2.45, 2.75) is 25.8 Å². The first kappa shape index (κ1) is 16.9. The first-order chi connectivity index (χ1) is 12.0. The summed E-state index contributed by atoms with van der Waals surface area (Å²) in [6.45, 7) is 2.29. The number of aromatic amines is 1. The van der Waals surface area contributed by atoms with E-state index in [1.807, 2.05) is 18.2 Å². The van der Waals surface area contributed by atoms with Crippen molar-refractivity contribution in [3.8, 4) is 0 Å². The topological polar surface area (TPSA) is 115 Å². The van der Waals surface area contributed by atoms with E-state index < -0.39 is 23.8 Å². The maximum atomic E-state index is 12.5. The summed E-state index contributed by atoms with van der Waals surface area (Å²) in [6, 6.07) is 6.48. The summed E-state index contributed by atoms with van der Waals surface area (Å²) >= 11 is 0. The van der Waals surface area contributed by atoms with E-state index in [-0.39, 0.29) is 18.1 Å². The fourth-order valence-electron chi connectivity index (χ4n) is 3.12. The van der Waals surface area contributed by atoms with Crippen LogP contribution < -0.4 is 5.32 Å². The molecule has 0 saturated carbocycles. The fourth-order valence-corrected chi connectivity index (χ4v) is 3.12. The summed E-state index contributed by atoms with van der Waals surface area (Å²) in [7, 11) is 0. The maximum absolute atomic E-state index is 12.5. The number of benzene rings is 1. The zero-order chi connectivity index (χ0) is 18.0. The van der Waals surface area contributed by atoms with Gasteiger partial charge in [-0.15, -0.1) is 0 Å². The minimum Gasteiger partial charge on any atom is -0.481 e. The van der Waals surface area contributed by atoms with Crippen LogP contribution in [0, 0.1) is 5.92 Å². The molecule has 2 atom stereocenters. The number of carboxylic acid groups (broad SMARTS) is 1. The third-order valence-corrected chi connectivity index (χ3v) is 4.49. The van der Waals surface area contributed by atoms with Gasteiger partial charge in [0.25, 0.3) is 5.91 Å². The van der Waals surface area contributed by atoms with Crippen molar-refractivity contribution in [1.29, 1.82) is 0 Å². The van der Waals surface area contributed by atoms with E-state index in [0.29, 0.717) is 24.8 Å². The zero-order valence-electron chi connectivity index (χ0n) is 13.9. The van der Waals surface area contributed by atoms with Gasteiger partial charge in [0, 0.05) is 18.5 Å². The minimum atomic E-state index is -0.891. The predicted octanol–water partition coefficient (Wildman–Crippen LogP) is 1.00. The number of amides is 2. The number of carbonyl (C=O) groups excluding carboxylic acids is 2. The van der Waals surface area contributed by atoms with Gasteiger partial charge >= 0.3 is 5.97 Å². The van der Waals surface area contributed by atoms with Crippen molar-refractivity contribution in [2.75, 3.05) is 13.1 Å². The number of hydrogen-bond acceptors (Lipinski definition) is 4. The Morgan fingerprint density at radius 2 is 2.12 bits per heavy atom. The SMILES string of the molecule is CC(NC(=O)c1n[nH]c2ccccc12)C(=O)N1CCCC(C(=O)O)C1. The third kappa shape index (κ3) is 3.47. The Balaban J connectivity index is 1.67. The standard InChI is InChI=1S/C17H20N4O4/c1-10(16(23)21-8-4-5-11(9-21)17(24)25)18-15(22)14-12-6-2-3-7-13(12)19-20-14/h2-3,6-7,10-11H,4-5,8-9H2,1H3,(H,18,22)(H,19,20)(H,24,25). The molecule has 1 aliphatic rings. The number of H-pyrrole nitrogens is 1. The number of rotatable bonds is 4. The first-order valence-corrected chi connectivity index (χ1v) is 8.23. The number of para-hydroxylation sites is 1. The van der Waals surface area contributed by atoms with Crippen LogP contribution in [0.2, 0.25) is 0 Å². The fraction of sp³-hybridized carbons (Fsp3) is 0.412. The quantitative estimate of drug-likeness (QED) is 0.765. The Bertz CT molecular complexity index is 816. The molecular weight excluding hydrogens is 324 g/mol. The summed E-state index contributed by atoms with van der Waals surface area (Å²) in [5.41, 5.74) is 0.976. The Kier molecular flexibility index (Phi) is 4.69. The highest BCUT2D eigenvalue weighted by molar-refractivity contribution is 6.05. The van der Waals surface area contributed by atoms with Crippen molar-refractivity contribution in [2.24, 2.45) is 5.92 Å². The van der Waals surface area contributed by atoms with Crippen LogP contribution in [0.25, 0.3) is 10.9 Å². The molecule has 3 N–H and O–H groups in total. The zero-order valence-corrected chi connectivity index (χ0v) is 13.9. The Morgan fingerprint density at radius 3 is 2.88 bits per heavy atom. The van der Waals surface area contributed by atoms with E-state index >= 15 is 0 Å². The van der Waals surface area contributed by atoms with Gasteiger partial charge in [-0.25, -0.2) is 0 Å². The molecule has 1 aromatic carbocycles. The lowest BCUT2D eigenvalue weighted by molar-refractivity contribution is -0.146. The van der Waals surface area contributed by atoms with Crippen LogP contribution in [0.5, 0.6) is 0 Å². The van der Waals surface area contributed by atoms with Gasteiger partial charge in [-0.3, -0.25) is 19.5 Å². The van der Waals surface area contributed by atoms with E-state index in [1.165, 1.54) is 4.90 Å². The monoisotopic (exact) mass is 344 g/mol. The lowest BCUT2D eigenvalue weighted by atomic mass is 9.98. The smallest absolute Gasteiger partial charge is 0.308 e. The number of fused-ring (bicyclic) bond motifs is 1. The molecule has 2 unspecified atom stereocenters. The van der Waals surface area contributed by atoms with Crippen LogP contribution >= 0.6 is 0 Å². The molecule has 0 aliphatic carbocycles. The van der Waals surface area contributed by atoms with Crippen LogP contribution in [0.4, 0.5) is 0 Å². The summed E-state index contributed by atoms with van der Waals surface area (Å²) in [5.74, 6) is -2.16. The van der Waals surface area contributed by atoms with Crippen molar-refractivity contribution < 1.29 is 19.5 Å². The highest BCUT2D eigenvalue weighted by atomic mass is 16.4. The van der Waals surface area contributed by atoms with E-state index in [4.69, 9.17) is 5.11 Å². The molecule has 2 aromatic rings. The number of piperidine rings is 1. The number of aromatic nitrogens is 2. The van der Waals surface area contributed by atoms with Crippen molar-refractivity contribution in [1.82, 2.24) is 20.4 Å². The van der Waals surface area contributed by atoms with E-state index in [9.17, 15) is 14.4 Å². The lowest BCUT2D eigenvalue weighted by Gasteiger charge is -2.32. The molecule has 2 amide bonds. The number of carboxylic acids is 1. The Hall–Kier alpha value is -2.90. The van der Waals surface area contributed by atoms with E-state index in [0.717, 1.165) is 5.52 Å². The molecule has 1 saturated heterocycles. The van der Waals surface area contributed by atoms with Gasteiger partial charge in [0.05, 0.1) is 11.4 Å². The second kappa shape index (κ2) is 6.92. The van der Waals surface area contributed by atoms with Gasteiger partial charge in [-0.2, -0.15) is 5.10 Å². The largest absolute Gasteiger partial charge is 0.481 e. The molecule has 1 aliphatic heterocycles. The molecule has 0 spiro atoms. The predicted molar refractivity (Wildman–Crippen MR) is 90.0 cm³/mol. The van der Waals surface area contributed by atoms with Crippen LogP contribution in [0.15, 0.2) is 24.3 Å². The minimum absolute atomic E-state index is 0.180. The molecule has 8 heteroatoms. The summed E-state index contributed by atoms with van der Waals surface area (Å²) in [5, 5.41) is 19.3. The highest BCUT2D eigenvalue weighted by Crippen LogP contribution is 2.18. The Morgan fingerprint density at radius 1 is 1.36 bits per heavy atom. The maximum Gasteiger partial charge on any atom is 0.308 e. The molecule has 2 heterocycles. The summed E-state index contributed by atoms with van der Waals surface area (Å²) < 4.78 is 0. The number of aliphatic carboxylic acids is 1. The van der Waals surface area contributed by atoms with Gasteiger partial charge in [0.15, 0.2) is 5.69 Å². The first-order valence-electron chi connectivity index (χ1n) is 8.23. The van der Waals surface area contributed by atoms with E-state index in [2.05, 4.69) is 15.5 Å². The van der Waals surface area contributed by atoms with Crippen LogP contribution in [0.3, 0.4) is 0 Å². The van der Waals surface area contributed by atoms with Crippen LogP contribution in [-0.2, 0) is 9.59 Å². The third-order valence-electron chi connectivity index (χ3n) is 4.49. The Labute approximate surface area is 144 Å². The molecule has 1 aromatic heterocycles. The lowest BCUT2D eigenvalue weighted by Crippen LogP contribution is -2.51. The molecule has 25 heavy (non-hydrogen) atoms. The molecule has 0 radical (unpaired) electrons. The number of nitrogens with zero attached hydrogens (tertiary/aromatic N) is 2. The highest BCUT2D eigenvalue weighted by Gasteiger charge is 2.31. The number of carbonyl (C=O) groups is 3. The van der Waals surface area contributed by atoms with Gasteiger partial charge in [0.2, 0.25) is 5.91 Å².